The Morgan fingerprint density at radius 1 is 1.48 bits per heavy atom. The minimum absolute atomic E-state index is 0.151. The highest BCUT2D eigenvalue weighted by molar-refractivity contribution is 5.97. The molecule has 2 aromatic heterocycles. The zero-order valence-corrected chi connectivity index (χ0v) is 12.5. The van der Waals surface area contributed by atoms with Crippen LogP contribution in [0.15, 0.2) is 12.3 Å². The van der Waals surface area contributed by atoms with Gasteiger partial charge >= 0.3 is 5.97 Å². The minimum Gasteiger partial charge on any atom is -0.481 e. The van der Waals surface area contributed by atoms with Crippen LogP contribution in [0.5, 0.6) is 0 Å². The lowest BCUT2D eigenvalue weighted by molar-refractivity contribution is -0.141. The average Bonchev–Trinajstić information content (AvgIpc) is 2.72. The molecule has 2 aromatic rings. The molecular formula is C14H18N4O3. The fourth-order valence-electron chi connectivity index (χ4n) is 2.22. The molecular weight excluding hydrogens is 272 g/mol. The summed E-state index contributed by atoms with van der Waals surface area (Å²) in [5.41, 5.74) is 1.94. The summed E-state index contributed by atoms with van der Waals surface area (Å²) in [6.45, 7) is 3.57. The second-order valence-corrected chi connectivity index (χ2v) is 5.23. The maximum absolute atomic E-state index is 12.3. The Balaban J connectivity index is 2.27. The molecule has 0 saturated carbocycles. The molecule has 7 heteroatoms. The number of pyridine rings is 1. The molecule has 1 N–H and O–H groups in total. The SMILES string of the molecule is Cc1nn(C)c2ncc(C(=O)N(C)CC(C)C(=O)O)cc12. The fourth-order valence-corrected chi connectivity index (χ4v) is 2.22. The lowest BCUT2D eigenvalue weighted by Crippen LogP contribution is -2.33. The predicted molar refractivity (Wildman–Crippen MR) is 77.0 cm³/mol. The number of aryl methyl sites for hydroxylation is 2. The van der Waals surface area contributed by atoms with Gasteiger partial charge in [-0.25, -0.2) is 4.98 Å². The van der Waals surface area contributed by atoms with E-state index in [0.29, 0.717) is 11.2 Å². The van der Waals surface area contributed by atoms with Crippen LogP contribution in [0, 0.1) is 12.8 Å². The van der Waals surface area contributed by atoms with E-state index in [1.807, 2.05) is 6.92 Å². The Bertz CT molecular complexity index is 708. The molecule has 0 fully saturated rings. The molecule has 0 radical (unpaired) electrons. The number of amides is 1. The van der Waals surface area contributed by atoms with Crippen LogP contribution in [0.4, 0.5) is 0 Å². The lowest BCUT2D eigenvalue weighted by atomic mass is 10.1. The summed E-state index contributed by atoms with van der Waals surface area (Å²) in [6.07, 6.45) is 1.49. The molecule has 112 valence electrons. The Morgan fingerprint density at radius 3 is 2.76 bits per heavy atom. The first-order chi connectivity index (χ1) is 9.81. The van der Waals surface area contributed by atoms with Gasteiger partial charge in [0.1, 0.15) is 0 Å². The van der Waals surface area contributed by atoms with Crippen LogP contribution in [0.1, 0.15) is 23.0 Å². The molecule has 21 heavy (non-hydrogen) atoms. The molecule has 0 aliphatic rings. The van der Waals surface area contributed by atoms with E-state index in [1.165, 1.54) is 11.1 Å². The first-order valence-electron chi connectivity index (χ1n) is 6.59. The highest BCUT2D eigenvalue weighted by Gasteiger charge is 2.19. The summed E-state index contributed by atoms with van der Waals surface area (Å²) in [7, 11) is 3.38. The number of fused-ring (bicyclic) bond motifs is 1. The van der Waals surface area contributed by atoms with Crippen LogP contribution >= 0.6 is 0 Å². The number of nitrogens with zero attached hydrogens (tertiary/aromatic N) is 4. The van der Waals surface area contributed by atoms with Gasteiger partial charge in [-0.15, -0.1) is 0 Å². The molecule has 0 saturated heterocycles. The van der Waals surface area contributed by atoms with Crippen molar-refractivity contribution in [1.29, 1.82) is 0 Å². The van der Waals surface area contributed by atoms with Gasteiger partial charge in [-0.2, -0.15) is 5.10 Å². The van der Waals surface area contributed by atoms with E-state index in [4.69, 9.17) is 5.11 Å². The zero-order chi connectivity index (χ0) is 15.7. The molecule has 0 aromatic carbocycles. The number of carboxylic acid groups (broad SMARTS) is 1. The second-order valence-electron chi connectivity index (χ2n) is 5.23. The number of hydrogen-bond donors (Lipinski definition) is 1. The van der Waals surface area contributed by atoms with E-state index in [2.05, 4.69) is 10.1 Å². The Kier molecular flexibility index (Phi) is 3.93. The number of carbonyl (C=O) groups excluding carboxylic acids is 1. The molecule has 0 bridgehead atoms. The third kappa shape index (κ3) is 2.86. The fraction of sp³-hybridized carbons (Fsp3) is 0.429. The van der Waals surface area contributed by atoms with Crippen molar-refractivity contribution in [3.8, 4) is 0 Å². The summed E-state index contributed by atoms with van der Waals surface area (Å²) in [5.74, 6) is -1.79. The van der Waals surface area contributed by atoms with Crippen LogP contribution in [0.2, 0.25) is 0 Å². The van der Waals surface area contributed by atoms with Crippen molar-refractivity contribution in [3.05, 3.63) is 23.5 Å². The van der Waals surface area contributed by atoms with E-state index in [9.17, 15) is 9.59 Å². The maximum atomic E-state index is 12.3. The normalized spacial score (nSPS) is 12.4. The summed E-state index contributed by atoms with van der Waals surface area (Å²) in [6, 6.07) is 1.74. The molecule has 1 unspecified atom stereocenters. The van der Waals surface area contributed by atoms with Crippen molar-refractivity contribution in [1.82, 2.24) is 19.7 Å². The van der Waals surface area contributed by atoms with E-state index < -0.39 is 11.9 Å². The third-order valence-corrected chi connectivity index (χ3v) is 3.43. The standard InChI is InChI=1S/C14H18N4O3/c1-8(14(20)21)7-17(3)13(19)10-5-11-9(2)16-18(4)12(11)15-6-10/h5-6,8H,7H2,1-4H3,(H,20,21). The van der Waals surface area contributed by atoms with Gasteiger partial charge in [-0.05, 0) is 13.0 Å². The average molecular weight is 290 g/mol. The first kappa shape index (κ1) is 15.0. The largest absolute Gasteiger partial charge is 0.481 e. The summed E-state index contributed by atoms with van der Waals surface area (Å²) in [5, 5.41) is 14.0. The minimum atomic E-state index is -0.925. The molecule has 0 aliphatic heterocycles. The highest BCUT2D eigenvalue weighted by Crippen LogP contribution is 2.17. The first-order valence-corrected chi connectivity index (χ1v) is 6.59. The van der Waals surface area contributed by atoms with E-state index >= 15 is 0 Å². The summed E-state index contributed by atoms with van der Waals surface area (Å²) >= 11 is 0. The zero-order valence-electron chi connectivity index (χ0n) is 12.5. The molecule has 2 rings (SSSR count). The predicted octanol–water partition coefficient (Wildman–Crippen LogP) is 1.07. The number of carbonyl (C=O) groups is 2. The second kappa shape index (κ2) is 5.51. The quantitative estimate of drug-likeness (QED) is 0.910. The summed E-state index contributed by atoms with van der Waals surface area (Å²) in [4.78, 5) is 28.8. The maximum Gasteiger partial charge on any atom is 0.308 e. The Hall–Kier alpha value is -2.44. The van der Waals surface area contributed by atoms with Gasteiger partial charge in [-0.3, -0.25) is 14.3 Å². The molecule has 0 aliphatic carbocycles. The van der Waals surface area contributed by atoms with Crippen molar-refractivity contribution >= 4 is 22.9 Å². The smallest absolute Gasteiger partial charge is 0.308 e. The topological polar surface area (TPSA) is 88.3 Å². The number of aliphatic carboxylic acids is 1. The molecule has 0 spiro atoms. The monoisotopic (exact) mass is 290 g/mol. The van der Waals surface area contributed by atoms with E-state index in [0.717, 1.165) is 11.1 Å². The van der Waals surface area contributed by atoms with Crippen molar-refractivity contribution < 1.29 is 14.7 Å². The highest BCUT2D eigenvalue weighted by atomic mass is 16.4. The molecule has 1 amide bonds. The number of rotatable bonds is 4. The van der Waals surface area contributed by atoms with Crippen LogP contribution in [-0.2, 0) is 11.8 Å². The Morgan fingerprint density at radius 2 is 2.14 bits per heavy atom. The third-order valence-electron chi connectivity index (χ3n) is 3.43. The molecule has 7 nitrogen and oxygen atoms in total. The molecule has 1 atom stereocenters. The number of aromatic nitrogens is 3. The van der Waals surface area contributed by atoms with E-state index in [-0.39, 0.29) is 12.5 Å². The van der Waals surface area contributed by atoms with Gasteiger partial charge < -0.3 is 10.0 Å². The lowest BCUT2D eigenvalue weighted by Gasteiger charge is -2.19. The Labute approximate surface area is 122 Å². The van der Waals surface area contributed by atoms with Crippen molar-refractivity contribution in [2.75, 3.05) is 13.6 Å². The van der Waals surface area contributed by atoms with Gasteiger partial charge in [0, 0.05) is 32.2 Å². The summed E-state index contributed by atoms with van der Waals surface area (Å²) < 4.78 is 1.66. The van der Waals surface area contributed by atoms with Crippen LogP contribution in [0.3, 0.4) is 0 Å². The van der Waals surface area contributed by atoms with E-state index in [1.54, 1.807) is 31.8 Å². The number of carboxylic acids is 1. The van der Waals surface area contributed by atoms with Crippen LogP contribution < -0.4 is 0 Å². The van der Waals surface area contributed by atoms with Crippen LogP contribution in [0.25, 0.3) is 11.0 Å². The van der Waals surface area contributed by atoms with Crippen molar-refractivity contribution in [2.24, 2.45) is 13.0 Å². The van der Waals surface area contributed by atoms with Gasteiger partial charge in [0.05, 0.1) is 17.2 Å². The number of hydrogen-bond acceptors (Lipinski definition) is 4. The van der Waals surface area contributed by atoms with Crippen molar-refractivity contribution in [3.63, 3.8) is 0 Å². The van der Waals surface area contributed by atoms with Gasteiger partial charge in [0.25, 0.3) is 5.91 Å². The van der Waals surface area contributed by atoms with Gasteiger partial charge in [0.15, 0.2) is 5.65 Å². The molecule has 2 heterocycles. The van der Waals surface area contributed by atoms with Gasteiger partial charge in [-0.1, -0.05) is 6.92 Å². The van der Waals surface area contributed by atoms with Crippen molar-refractivity contribution in [2.45, 2.75) is 13.8 Å². The van der Waals surface area contributed by atoms with Gasteiger partial charge in [0.2, 0.25) is 0 Å². The van der Waals surface area contributed by atoms with Crippen LogP contribution in [-0.4, -0.2) is 50.2 Å².